The molecule has 0 unspecified atom stereocenters. The average Bonchev–Trinajstić information content (AvgIpc) is 2.19. The zero-order valence-corrected chi connectivity index (χ0v) is 8.96. The molecule has 0 spiro atoms. The molecular weight excluding hydrogens is 204 g/mol. The predicted octanol–water partition coefficient (Wildman–Crippen LogP) is 0.136. The van der Waals surface area contributed by atoms with Crippen LogP contribution in [0.3, 0.4) is 0 Å². The molecule has 1 heterocycles. The number of hydrogen-bond acceptors (Lipinski definition) is 4. The maximum Gasteiger partial charge on any atom is 0.235 e. The lowest BCUT2D eigenvalue weighted by molar-refractivity contribution is 0.317. The van der Waals surface area contributed by atoms with E-state index < -0.39 is 10.0 Å². The lowest BCUT2D eigenvalue weighted by Gasteiger charge is -2.28. The fraction of sp³-hybridized carbons (Fsp3) is 0.875. The molecular formula is C8H14N2O3S. The molecule has 1 rings (SSSR count). The van der Waals surface area contributed by atoms with Crippen molar-refractivity contribution in [1.82, 2.24) is 4.31 Å². The van der Waals surface area contributed by atoms with Gasteiger partial charge in [0.1, 0.15) is 0 Å². The average molecular weight is 218 g/mol. The van der Waals surface area contributed by atoms with Crippen LogP contribution in [-0.4, -0.2) is 43.7 Å². The van der Waals surface area contributed by atoms with Crippen molar-refractivity contribution in [1.29, 1.82) is 0 Å². The molecule has 14 heavy (non-hydrogen) atoms. The molecule has 0 aromatic rings. The van der Waals surface area contributed by atoms with E-state index in [9.17, 15) is 13.2 Å². The van der Waals surface area contributed by atoms with Crippen molar-refractivity contribution in [2.45, 2.75) is 25.8 Å². The fourth-order valence-electron chi connectivity index (χ4n) is 1.54. The summed E-state index contributed by atoms with van der Waals surface area (Å²) in [4.78, 5) is 13.6. The number of sulfonamides is 1. The Morgan fingerprint density at radius 2 is 2.29 bits per heavy atom. The van der Waals surface area contributed by atoms with Crippen LogP contribution in [0.25, 0.3) is 0 Å². The highest BCUT2D eigenvalue weighted by atomic mass is 32.2. The zero-order chi connectivity index (χ0) is 10.6. The molecule has 5 nitrogen and oxygen atoms in total. The van der Waals surface area contributed by atoms with Crippen LogP contribution in [0.5, 0.6) is 0 Å². The summed E-state index contributed by atoms with van der Waals surface area (Å²) in [6.07, 6.45) is 3.01. The molecule has 1 atom stereocenters. The van der Waals surface area contributed by atoms with Gasteiger partial charge >= 0.3 is 0 Å². The summed E-state index contributed by atoms with van der Waals surface area (Å²) < 4.78 is 24.4. The molecule has 1 aliphatic heterocycles. The Balaban J connectivity index is 2.69. The Hall–Kier alpha value is -0.710. The van der Waals surface area contributed by atoms with Crippen molar-refractivity contribution in [3.05, 3.63) is 0 Å². The lowest BCUT2D eigenvalue weighted by atomic mass is 10.1. The van der Waals surface area contributed by atoms with Gasteiger partial charge < -0.3 is 0 Å². The summed E-state index contributed by atoms with van der Waals surface area (Å²) in [7, 11) is -3.13. The van der Waals surface area contributed by atoms with Crippen molar-refractivity contribution in [2.75, 3.05) is 18.8 Å². The molecule has 1 aliphatic rings. The number of carbonyl (C=O) groups excluding carboxylic acids is 1. The van der Waals surface area contributed by atoms with Crippen molar-refractivity contribution < 1.29 is 13.2 Å². The number of aliphatic imine (C=N–C) groups is 1. The summed E-state index contributed by atoms with van der Waals surface area (Å²) in [5, 5.41) is 0. The van der Waals surface area contributed by atoms with Crippen molar-refractivity contribution >= 4 is 16.1 Å². The minimum Gasteiger partial charge on any atom is -0.212 e. The number of nitrogens with zero attached hydrogens (tertiary/aromatic N) is 2. The number of rotatable bonds is 3. The monoisotopic (exact) mass is 218 g/mol. The molecule has 0 aromatic carbocycles. The van der Waals surface area contributed by atoms with Crippen molar-refractivity contribution in [2.24, 2.45) is 4.99 Å². The van der Waals surface area contributed by atoms with Crippen LogP contribution < -0.4 is 0 Å². The second kappa shape index (κ2) is 4.68. The molecule has 0 saturated carbocycles. The first-order valence-corrected chi connectivity index (χ1v) is 6.26. The van der Waals surface area contributed by atoms with Gasteiger partial charge in [-0.15, -0.1) is 0 Å². The molecule has 1 saturated heterocycles. The largest absolute Gasteiger partial charge is 0.235 e. The molecule has 0 bridgehead atoms. The van der Waals surface area contributed by atoms with Crippen LogP contribution in [0.4, 0.5) is 0 Å². The molecule has 6 heteroatoms. The highest BCUT2D eigenvalue weighted by Crippen LogP contribution is 2.16. The van der Waals surface area contributed by atoms with E-state index in [1.54, 1.807) is 6.92 Å². The third-order valence-corrected chi connectivity index (χ3v) is 4.20. The van der Waals surface area contributed by atoms with Gasteiger partial charge in [0.15, 0.2) is 0 Å². The van der Waals surface area contributed by atoms with Gasteiger partial charge in [0.2, 0.25) is 16.1 Å². The second-order valence-electron chi connectivity index (χ2n) is 3.28. The van der Waals surface area contributed by atoms with Gasteiger partial charge in [-0.05, 0) is 19.8 Å². The summed E-state index contributed by atoms with van der Waals surface area (Å²) in [6, 6.07) is -0.206. The van der Waals surface area contributed by atoms with Gasteiger partial charge in [0.05, 0.1) is 11.8 Å². The summed E-state index contributed by atoms with van der Waals surface area (Å²) in [5.41, 5.74) is 0. The summed E-state index contributed by atoms with van der Waals surface area (Å²) >= 11 is 0. The fourth-order valence-corrected chi connectivity index (χ4v) is 2.71. The second-order valence-corrected chi connectivity index (χ2v) is 5.53. The first-order chi connectivity index (χ1) is 6.60. The topological polar surface area (TPSA) is 66.8 Å². The predicted molar refractivity (Wildman–Crippen MR) is 52.2 cm³/mol. The van der Waals surface area contributed by atoms with Crippen molar-refractivity contribution in [3.63, 3.8) is 0 Å². The Morgan fingerprint density at radius 3 is 2.86 bits per heavy atom. The third-order valence-electron chi connectivity index (χ3n) is 2.35. The molecule has 0 amide bonds. The molecule has 0 N–H and O–H groups in total. The Labute approximate surface area is 83.9 Å². The van der Waals surface area contributed by atoms with Gasteiger partial charge in [0.25, 0.3) is 0 Å². The van der Waals surface area contributed by atoms with Gasteiger partial charge in [-0.1, -0.05) is 0 Å². The summed E-state index contributed by atoms with van der Waals surface area (Å²) in [6.45, 7) is 2.48. The minimum absolute atomic E-state index is 0.102. The van der Waals surface area contributed by atoms with Crippen molar-refractivity contribution in [3.8, 4) is 0 Å². The Morgan fingerprint density at radius 1 is 1.57 bits per heavy atom. The Kier molecular flexibility index (Phi) is 3.80. The maximum atomic E-state index is 11.5. The van der Waals surface area contributed by atoms with E-state index in [-0.39, 0.29) is 11.8 Å². The zero-order valence-electron chi connectivity index (χ0n) is 8.14. The maximum absolute atomic E-state index is 11.5. The van der Waals surface area contributed by atoms with E-state index >= 15 is 0 Å². The number of hydrogen-bond donors (Lipinski definition) is 0. The van der Waals surface area contributed by atoms with Crippen LogP contribution in [0.15, 0.2) is 4.99 Å². The molecule has 0 aliphatic carbocycles. The van der Waals surface area contributed by atoms with E-state index in [1.165, 1.54) is 10.4 Å². The molecule has 0 aromatic heterocycles. The van der Waals surface area contributed by atoms with Crippen LogP contribution in [0.1, 0.15) is 19.8 Å². The highest BCUT2D eigenvalue weighted by molar-refractivity contribution is 7.89. The standard InChI is InChI=1S/C8H14N2O3S/c1-2-14(12,13)10-5-3-4-8(6-10)9-7-11/h8H,2-6H2,1H3/t8-/m0/s1. The van der Waals surface area contributed by atoms with Crippen LogP contribution >= 0.6 is 0 Å². The summed E-state index contributed by atoms with van der Waals surface area (Å²) in [5.74, 6) is 0.102. The van der Waals surface area contributed by atoms with E-state index in [4.69, 9.17) is 0 Å². The Bertz CT molecular complexity index is 332. The lowest BCUT2D eigenvalue weighted by Crippen LogP contribution is -2.42. The van der Waals surface area contributed by atoms with Gasteiger partial charge in [0, 0.05) is 13.1 Å². The van der Waals surface area contributed by atoms with Crippen LogP contribution in [0.2, 0.25) is 0 Å². The first kappa shape index (κ1) is 11.4. The van der Waals surface area contributed by atoms with Crippen LogP contribution in [-0.2, 0) is 14.8 Å². The molecule has 0 radical (unpaired) electrons. The normalized spacial score (nSPS) is 24.2. The van der Waals surface area contributed by atoms with E-state index in [2.05, 4.69) is 4.99 Å². The first-order valence-electron chi connectivity index (χ1n) is 4.65. The van der Waals surface area contributed by atoms with Crippen LogP contribution in [0, 0.1) is 0 Å². The van der Waals surface area contributed by atoms with Gasteiger partial charge in [-0.3, -0.25) is 0 Å². The molecule has 1 fully saturated rings. The van der Waals surface area contributed by atoms with E-state index in [1.807, 2.05) is 0 Å². The van der Waals surface area contributed by atoms with E-state index in [0.717, 1.165) is 12.8 Å². The molecule has 80 valence electrons. The third kappa shape index (κ3) is 2.64. The van der Waals surface area contributed by atoms with E-state index in [0.29, 0.717) is 13.1 Å². The SMILES string of the molecule is CCS(=O)(=O)N1CCC[C@H](N=C=O)C1. The number of isocyanates is 1. The smallest absolute Gasteiger partial charge is 0.212 e. The van der Waals surface area contributed by atoms with Gasteiger partial charge in [-0.2, -0.15) is 4.31 Å². The number of piperidine rings is 1. The minimum atomic E-state index is -3.13. The quantitative estimate of drug-likeness (QED) is 0.499. The van der Waals surface area contributed by atoms with Gasteiger partial charge in [-0.25, -0.2) is 18.2 Å². The highest BCUT2D eigenvalue weighted by Gasteiger charge is 2.27.